The first-order valence-electron chi connectivity index (χ1n) is 9.76. The van der Waals surface area contributed by atoms with Gasteiger partial charge in [-0.1, -0.05) is 18.2 Å². The largest absolute Gasteiger partial charge is 0.357 e. The van der Waals surface area contributed by atoms with Gasteiger partial charge in [-0.2, -0.15) is 5.10 Å². The minimum atomic E-state index is -0.888. The number of nitrogens with one attached hydrogen (secondary N) is 2. The van der Waals surface area contributed by atoms with Crippen molar-refractivity contribution in [2.45, 2.75) is 25.9 Å². The molecule has 1 aromatic carbocycles. The predicted octanol–water partition coefficient (Wildman–Crippen LogP) is 1.64. The van der Waals surface area contributed by atoms with E-state index in [4.69, 9.17) is 0 Å². The number of carbonyl (C=O) groups is 2. The number of amides is 2. The van der Waals surface area contributed by atoms with Gasteiger partial charge in [-0.15, -0.1) is 0 Å². The average molecular weight is 410 g/mol. The molecule has 8 nitrogen and oxygen atoms in total. The first-order valence-corrected chi connectivity index (χ1v) is 9.76. The van der Waals surface area contributed by atoms with E-state index in [9.17, 15) is 14.0 Å². The van der Waals surface area contributed by atoms with Gasteiger partial charge < -0.3 is 15.2 Å². The molecular formula is C21H23FN6O2. The number of hydrogen-bond acceptors (Lipinski definition) is 4. The molecule has 0 saturated carbocycles. The van der Waals surface area contributed by atoms with Crippen LogP contribution in [0, 0.1) is 11.2 Å². The highest BCUT2D eigenvalue weighted by molar-refractivity contribution is 5.95. The Hall–Kier alpha value is -3.49. The Morgan fingerprint density at radius 3 is 2.73 bits per heavy atom. The van der Waals surface area contributed by atoms with Crippen LogP contribution in [0.15, 0.2) is 55.2 Å². The molecule has 9 heteroatoms. The lowest BCUT2D eigenvalue weighted by atomic mass is 9.73. The summed E-state index contributed by atoms with van der Waals surface area (Å²) in [4.78, 5) is 34.3. The molecule has 0 bridgehead atoms. The Morgan fingerprint density at radius 1 is 1.27 bits per heavy atom. The molecular weight excluding hydrogens is 387 g/mol. The number of aromatic amines is 1. The van der Waals surface area contributed by atoms with Gasteiger partial charge in [0.05, 0.1) is 12.0 Å². The number of nitrogens with zero attached hydrogens (tertiary/aromatic N) is 4. The summed E-state index contributed by atoms with van der Waals surface area (Å²) in [5.41, 5.74) is 0.0409. The van der Waals surface area contributed by atoms with Crippen molar-refractivity contribution in [3.63, 3.8) is 0 Å². The lowest BCUT2D eigenvalue weighted by Crippen LogP contribution is -2.66. The molecule has 0 radical (unpaired) electrons. The summed E-state index contributed by atoms with van der Waals surface area (Å²) in [7, 11) is 0. The molecule has 3 heterocycles. The number of carbonyl (C=O) groups excluding carboxylic acids is 2. The minimum absolute atomic E-state index is 0.173. The van der Waals surface area contributed by atoms with Gasteiger partial charge in [0.1, 0.15) is 24.2 Å². The van der Waals surface area contributed by atoms with Crippen LogP contribution >= 0.6 is 0 Å². The van der Waals surface area contributed by atoms with Gasteiger partial charge in [0.25, 0.3) is 5.91 Å². The first kappa shape index (κ1) is 19.8. The predicted molar refractivity (Wildman–Crippen MR) is 107 cm³/mol. The molecule has 1 fully saturated rings. The minimum Gasteiger partial charge on any atom is -0.357 e. The van der Waals surface area contributed by atoms with Crippen LogP contribution in [0.2, 0.25) is 0 Å². The number of hydrogen-bond donors (Lipinski definition) is 2. The van der Waals surface area contributed by atoms with Gasteiger partial charge in [0.2, 0.25) is 5.91 Å². The molecule has 4 rings (SSSR count). The maximum absolute atomic E-state index is 14.3. The maximum Gasteiger partial charge on any atom is 0.270 e. The van der Waals surface area contributed by atoms with E-state index in [1.165, 1.54) is 12.4 Å². The van der Waals surface area contributed by atoms with Crippen molar-refractivity contribution >= 4 is 11.8 Å². The molecule has 1 aliphatic heterocycles. The van der Waals surface area contributed by atoms with E-state index >= 15 is 0 Å². The Morgan fingerprint density at radius 2 is 2.07 bits per heavy atom. The second-order valence-electron chi connectivity index (χ2n) is 7.79. The summed E-state index contributed by atoms with van der Waals surface area (Å²) in [6.45, 7) is 2.78. The fourth-order valence-corrected chi connectivity index (χ4v) is 3.83. The van der Waals surface area contributed by atoms with Crippen LogP contribution < -0.4 is 5.32 Å². The number of H-pyrrole nitrogens is 1. The number of likely N-dealkylation sites (tertiary alicyclic amines) is 1. The third-order valence-electron chi connectivity index (χ3n) is 5.38. The number of halogens is 1. The van der Waals surface area contributed by atoms with E-state index in [0.717, 1.165) is 0 Å². The highest BCUT2D eigenvalue weighted by atomic mass is 19.1. The second kappa shape index (κ2) is 8.10. The SMILES string of the molecule is CC(Cn1cncn1)NC(=O)C1(Cc2ccccc2F)CN(C(=O)c2ccc[nH]2)C1. The zero-order valence-corrected chi connectivity index (χ0v) is 16.6. The van der Waals surface area contributed by atoms with Crippen LogP contribution in [0.25, 0.3) is 0 Å². The molecule has 3 aromatic rings. The molecule has 1 unspecified atom stereocenters. The molecule has 0 spiro atoms. The Kier molecular flexibility index (Phi) is 5.35. The average Bonchev–Trinajstić information content (AvgIpc) is 3.39. The van der Waals surface area contributed by atoms with Gasteiger partial charge in [0, 0.05) is 25.3 Å². The zero-order valence-electron chi connectivity index (χ0n) is 16.6. The van der Waals surface area contributed by atoms with Crippen molar-refractivity contribution in [2.24, 2.45) is 5.41 Å². The molecule has 2 amide bonds. The topological polar surface area (TPSA) is 95.9 Å². The summed E-state index contributed by atoms with van der Waals surface area (Å²) in [5.74, 6) is -0.726. The second-order valence-corrected chi connectivity index (χ2v) is 7.79. The molecule has 1 aliphatic rings. The normalized spacial score (nSPS) is 16.0. The van der Waals surface area contributed by atoms with E-state index in [-0.39, 0.29) is 43.2 Å². The maximum atomic E-state index is 14.3. The van der Waals surface area contributed by atoms with Crippen molar-refractivity contribution in [3.8, 4) is 0 Å². The fourth-order valence-electron chi connectivity index (χ4n) is 3.83. The van der Waals surface area contributed by atoms with E-state index in [0.29, 0.717) is 17.8 Å². The molecule has 1 saturated heterocycles. The van der Waals surface area contributed by atoms with Crippen LogP contribution in [0.4, 0.5) is 4.39 Å². The van der Waals surface area contributed by atoms with Gasteiger partial charge >= 0.3 is 0 Å². The summed E-state index contributed by atoms with van der Waals surface area (Å²) in [6, 6.07) is 9.67. The van der Waals surface area contributed by atoms with Gasteiger partial charge in [-0.25, -0.2) is 9.37 Å². The molecule has 2 N–H and O–H groups in total. The molecule has 0 aliphatic carbocycles. The van der Waals surface area contributed by atoms with Crippen molar-refractivity contribution in [1.82, 2.24) is 30.0 Å². The third-order valence-corrected chi connectivity index (χ3v) is 5.38. The van der Waals surface area contributed by atoms with E-state index < -0.39 is 5.41 Å². The Labute approximate surface area is 173 Å². The van der Waals surface area contributed by atoms with Crippen molar-refractivity contribution in [1.29, 1.82) is 0 Å². The zero-order chi connectivity index (χ0) is 21.1. The standard InChI is InChI=1S/C21H23FN6O2/c1-15(10-28-14-23-13-25-28)26-20(30)21(9-16-5-2-3-6-17(16)22)11-27(12-21)19(29)18-7-4-8-24-18/h2-8,13-15,24H,9-12H2,1H3,(H,26,30). The number of rotatable bonds is 7. The molecule has 156 valence electrons. The monoisotopic (exact) mass is 410 g/mol. The van der Waals surface area contributed by atoms with Crippen LogP contribution in [0.3, 0.4) is 0 Å². The van der Waals surface area contributed by atoms with E-state index in [2.05, 4.69) is 20.4 Å². The lowest BCUT2D eigenvalue weighted by molar-refractivity contribution is -0.140. The quantitative estimate of drug-likeness (QED) is 0.619. The molecule has 1 atom stereocenters. The summed E-state index contributed by atoms with van der Waals surface area (Å²) < 4.78 is 15.9. The molecule has 30 heavy (non-hydrogen) atoms. The van der Waals surface area contributed by atoms with Crippen molar-refractivity contribution in [2.75, 3.05) is 13.1 Å². The highest BCUT2D eigenvalue weighted by Crippen LogP contribution is 2.36. The number of aromatic nitrogens is 4. The smallest absolute Gasteiger partial charge is 0.270 e. The number of benzene rings is 1. The van der Waals surface area contributed by atoms with E-state index in [1.54, 1.807) is 52.4 Å². The Bertz CT molecular complexity index is 1010. The van der Waals surface area contributed by atoms with Gasteiger partial charge in [-0.3, -0.25) is 14.3 Å². The van der Waals surface area contributed by atoms with Crippen LogP contribution in [0.5, 0.6) is 0 Å². The lowest BCUT2D eigenvalue weighted by Gasteiger charge is -2.49. The van der Waals surface area contributed by atoms with Crippen LogP contribution in [0.1, 0.15) is 23.0 Å². The Balaban J connectivity index is 1.50. The summed E-state index contributed by atoms with van der Waals surface area (Å²) in [5, 5.41) is 7.05. The van der Waals surface area contributed by atoms with Crippen LogP contribution in [-0.4, -0.2) is 55.6 Å². The first-order chi connectivity index (χ1) is 14.5. The third kappa shape index (κ3) is 3.96. The highest BCUT2D eigenvalue weighted by Gasteiger charge is 2.51. The summed E-state index contributed by atoms with van der Waals surface area (Å²) in [6.07, 6.45) is 4.91. The van der Waals surface area contributed by atoms with Gasteiger partial charge in [-0.05, 0) is 37.1 Å². The fraction of sp³-hybridized carbons (Fsp3) is 0.333. The van der Waals surface area contributed by atoms with E-state index in [1.807, 2.05) is 6.92 Å². The molecule has 2 aromatic heterocycles. The van der Waals surface area contributed by atoms with Gasteiger partial charge in [0.15, 0.2) is 0 Å². The van der Waals surface area contributed by atoms with Crippen molar-refractivity contribution < 1.29 is 14.0 Å². The van der Waals surface area contributed by atoms with Crippen LogP contribution in [-0.2, 0) is 17.8 Å². The van der Waals surface area contributed by atoms with Crippen molar-refractivity contribution in [3.05, 3.63) is 72.3 Å². The summed E-state index contributed by atoms with van der Waals surface area (Å²) >= 11 is 0.